The Hall–Kier alpha value is -0.900. The molecule has 1 aliphatic rings. The fourth-order valence-electron chi connectivity index (χ4n) is 2.92. The molecule has 104 valence electrons. The van der Waals surface area contributed by atoms with E-state index >= 15 is 0 Å². The minimum absolute atomic E-state index is 0.116. The highest BCUT2D eigenvalue weighted by atomic mass is 79.9. The van der Waals surface area contributed by atoms with Crippen molar-refractivity contribution in [1.29, 1.82) is 0 Å². The van der Waals surface area contributed by atoms with Gasteiger partial charge in [0.05, 0.1) is 4.47 Å². The SMILES string of the molecule is CCC1CCC(NC(=O)c2ccc(F)c(Br)c2)C1C. The van der Waals surface area contributed by atoms with E-state index in [2.05, 4.69) is 35.1 Å². The molecule has 3 atom stereocenters. The van der Waals surface area contributed by atoms with Gasteiger partial charge >= 0.3 is 0 Å². The zero-order valence-electron chi connectivity index (χ0n) is 11.2. The quantitative estimate of drug-likeness (QED) is 0.888. The summed E-state index contributed by atoms with van der Waals surface area (Å²) in [4.78, 5) is 12.2. The first-order chi connectivity index (χ1) is 9.02. The third kappa shape index (κ3) is 3.16. The lowest BCUT2D eigenvalue weighted by atomic mass is 9.93. The van der Waals surface area contributed by atoms with Crippen LogP contribution in [0.4, 0.5) is 4.39 Å². The van der Waals surface area contributed by atoms with Gasteiger partial charge in [0.15, 0.2) is 0 Å². The predicted octanol–water partition coefficient (Wildman–Crippen LogP) is 4.14. The Morgan fingerprint density at radius 3 is 2.79 bits per heavy atom. The van der Waals surface area contributed by atoms with Crippen LogP contribution in [-0.4, -0.2) is 11.9 Å². The van der Waals surface area contributed by atoms with Crippen molar-refractivity contribution < 1.29 is 9.18 Å². The predicted molar refractivity (Wildman–Crippen MR) is 77.5 cm³/mol. The van der Waals surface area contributed by atoms with Crippen LogP contribution in [0.5, 0.6) is 0 Å². The summed E-state index contributed by atoms with van der Waals surface area (Å²) in [6.45, 7) is 4.40. The average molecular weight is 328 g/mol. The Bertz CT molecular complexity index is 477. The van der Waals surface area contributed by atoms with Crippen LogP contribution in [0, 0.1) is 17.7 Å². The molecule has 0 aliphatic heterocycles. The van der Waals surface area contributed by atoms with Crippen LogP contribution in [0.3, 0.4) is 0 Å². The summed E-state index contributed by atoms with van der Waals surface area (Å²) in [5.74, 6) is 0.745. The van der Waals surface area contributed by atoms with E-state index in [1.807, 2.05) is 0 Å². The largest absolute Gasteiger partial charge is 0.349 e. The maximum Gasteiger partial charge on any atom is 0.251 e. The summed E-state index contributed by atoms with van der Waals surface area (Å²) < 4.78 is 13.5. The first-order valence-corrected chi connectivity index (χ1v) is 7.58. The van der Waals surface area contributed by atoms with Crippen LogP contribution in [0.25, 0.3) is 0 Å². The molecule has 1 saturated carbocycles. The van der Waals surface area contributed by atoms with E-state index in [0.717, 1.165) is 12.8 Å². The van der Waals surface area contributed by atoms with Gasteiger partial charge in [-0.2, -0.15) is 0 Å². The highest BCUT2D eigenvalue weighted by Crippen LogP contribution is 2.34. The second-order valence-electron chi connectivity index (χ2n) is 5.31. The molecule has 2 rings (SSSR count). The van der Waals surface area contributed by atoms with Crippen LogP contribution in [0.1, 0.15) is 43.5 Å². The number of carbonyl (C=O) groups excluding carboxylic acids is 1. The summed E-state index contributed by atoms with van der Waals surface area (Å²) in [6, 6.07) is 4.60. The monoisotopic (exact) mass is 327 g/mol. The van der Waals surface area contributed by atoms with E-state index in [-0.39, 0.29) is 17.8 Å². The van der Waals surface area contributed by atoms with Crippen molar-refractivity contribution in [2.24, 2.45) is 11.8 Å². The molecule has 0 aromatic heterocycles. The summed E-state index contributed by atoms with van der Waals surface area (Å²) in [5, 5.41) is 3.07. The molecular formula is C15H19BrFNO. The van der Waals surface area contributed by atoms with Crippen molar-refractivity contribution in [3.63, 3.8) is 0 Å². The van der Waals surface area contributed by atoms with E-state index in [1.165, 1.54) is 24.6 Å². The molecular weight excluding hydrogens is 309 g/mol. The lowest BCUT2D eigenvalue weighted by Gasteiger charge is -2.21. The summed E-state index contributed by atoms with van der Waals surface area (Å²) in [6.07, 6.45) is 3.37. The Labute approximate surface area is 121 Å². The smallest absolute Gasteiger partial charge is 0.251 e. The van der Waals surface area contributed by atoms with Crippen molar-refractivity contribution in [2.75, 3.05) is 0 Å². The van der Waals surface area contributed by atoms with E-state index in [9.17, 15) is 9.18 Å². The van der Waals surface area contributed by atoms with Gasteiger partial charge in [-0.25, -0.2) is 4.39 Å². The summed E-state index contributed by atoms with van der Waals surface area (Å²) >= 11 is 3.10. The number of nitrogens with one attached hydrogen (secondary N) is 1. The first kappa shape index (κ1) is 14.5. The van der Waals surface area contributed by atoms with Crippen LogP contribution >= 0.6 is 15.9 Å². The lowest BCUT2D eigenvalue weighted by Crippen LogP contribution is -2.37. The van der Waals surface area contributed by atoms with Crippen molar-refractivity contribution >= 4 is 21.8 Å². The van der Waals surface area contributed by atoms with Gasteiger partial charge in [0, 0.05) is 11.6 Å². The van der Waals surface area contributed by atoms with Crippen molar-refractivity contribution in [3.8, 4) is 0 Å². The molecule has 1 N–H and O–H groups in total. The van der Waals surface area contributed by atoms with Crippen molar-refractivity contribution in [3.05, 3.63) is 34.1 Å². The van der Waals surface area contributed by atoms with Crippen LogP contribution in [-0.2, 0) is 0 Å². The second kappa shape index (κ2) is 6.04. The topological polar surface area (TPSA) is 29.1 Å². The second-order valence-corrected chi connectivity index (χ2v) is 6.17. The molecule has 1 aromatic rings. The van der Waals surface area contributed by atoms with Gasteiger partial charge in [0.25, 0.3) is 5.91 Å². The van der Waals surface area contributed by atoms with Crippen molar-refractivity contribution in [2.45, 2.75) is 39.2 Å². The van der Waals surface area contributed by atoms with Gasteiger partial charge in [0.1, 0.15) is 5.82 Å². The number of halogens is 2. The van der Waals surface area contributed by atoms with Gasteiger partial charge in [-0.3, -0.25) is 4.79 Å². The Balaban J connectivity index is 2.03. The molecule has 19 heavy (non-hydrogen) atoms. The molecule has 3 unspecified atom stereocenters. The minimum Gasteiger partial charge on any atom is -0.349 e. The maximum atomic E-state index is 13.1. The summed E-state index contributed by atoms with van der Waals surface area (Å²) in [7, 11) is 0. The van der Waals surface area contributed by atoms with Gasteiger partial charge in [-0.1, -0.05) is 20.3 Å². The molecule has 1 amide bonds. The van der Waals surface area contributed by atoms with Crippen LogP contribution in [0.15, 0.2) is 22.7 Å². The minimum atomic E-state index is -0.350. The molecule has 1 fully saturated rings. The fourth-order valence-corrected chi connectivity index (χ4v) is 3.30. The Morgan fingerprint density at radius 2 is 2.21 bits per heavy atom. The van der Waals surface area contributed by atoms with Gasteiger partial charge in [0.2, 0.25) is 0 Å². The van der Waals surface area contributed by atoms with Crippen LogP contribution < -0.4 is 5.32 Å². The fraction of sp³-hybridized carbons (Fsp3) is 0.533. The third-order valence-corrected chi connectivity index (χ3v) is 4.86. The molecule has 1 aliphatic carbocycles. The molecule has 2 nitrogen and oxygen atoms in total. The van der Waals surface area contributed by atoms with Gasteiger partial charge in [-0.05, 0) is 58.8 Å². The maximum absolute atomic E-state index is 13.1. The number of amides is 1. The van der Waals surface area contributed by atoms with Gasteiger partial charge in [-0.15, -0.1) is 0 Å². The Kier molecular flexibility index (Phi) is 4.61. The standard InChI is InChI=1S/C15H19BrFNO/c1-3-10-5-7-14(9(10)2)18-15(19)11-4-6-13(17)12(16)8-11/h4,6,8-10,14H,3,5,7H2,1-2H3,(H,18,19). The number of hydrogen-bond donors (Lipinski definition) is 1. The highest BCUT2D eigenvalue weighted by Gasteiger charge is 2.32. The van der Waals surface area contributed by atoms with Crippen LogP contribution in [0.2, 0.25) is 0 Å². The van der Waals surface area contributed by atoms with Crippen molar-refractivity contribution in [1.82, 2.24) is 5.32 Å². The molecule has 0 heterocycles. The average Bonchev–Trinajstić information content (AvgIpc) is 2.73. The van der Waals surface area contributed by atoms with E-state index in [4.69, 9.17) is 0 Å². The zero-order valence-corrected chi connectivity index (χ0v) is 12.8. The molecule has 0 saturated heterocycles. The Morgan fingerprint density at radius 1 is 1.47 bits per heavy atom. The lowest BCUT2D eigenvalue weighted by molar-refractivity contribution is 0.0926. The van der Waals surface area contributed by atoms with Gasteiger partial charge < -0.3 is 5.32 Å². The molecule has 0 bridgehead atoms. The van der Waals surface area contributed by atoms with E-state index in [0.29, 0.717) is 21.9 Å². The molecule has 1 aromatic carbocycles. The number of hydrogen-bond acceptors (Lipinski definition) is 1. The highest BCUT2D eigenvalue weighted by molar-refractivity contribution is 9.10. The third-order valence-electron chi connectivity index (χ3n) is 4.25. The van der Waals surface area contributed by atoms with E-state index in [1.54, 1.807) is 0 Å². The number of carbonyl (C=O) groups is 1. The number of rotatable bonds is 3. The summed E-state index contributed by atoms with van der Waals surface area (Å²) in [5.41, 5.74) is 0.500. The molecule has 4 heteroatoms. The van der Waals surface area contributed by atoms with E-state index < -0.39 is 0 Å². The first-order valence-electron chi connectivity index (χ1n) is 6.78. The molecule has 0 spiro atoms. The zero-order chi connectivity index (χ0) is 14.0. The normalized spacial score (nSPS) is 26.4. The molecule has 0 radical (unpaired) electrons. The number of benzene rings is 1.